The highest BCUT2D eigenvalue weighted by molar-refractivity contribution is 7.98. The molecule has 0 unspecified atom stereocenters. The van der Waals surface area contributed by atoms with Gasteiger partial charge in [-0.15, -0.1) is 0 Å². The van der Waals surface area contributed by atoms with Crippen LogP contribution in [-0.2, 0) is 4.79 Å². The van der Waals surface area contributed by atoms with Crippen LogP contribution in [0, 0.1) is 0 Å². The van der Waals surface area contributed by atoms with E-state index >= 15 is 0 Å². The van der Waals surface area contributed by atoms with Gasteiger partial charge in [-0.2, -0.15) is 11.8 Å². The molecular weight excluding hydrogens is 323 g/mol. The second-order valence-electron chi connectivity index (χ2n) is 4.00. The Morgan fingerprint density at radius 2 is 1.95 bits per heavy atom. The van der Waals surface area contributed by atoms with Crippen LogP contribution in [0.3, 0.4) is 0 Å². The Morgan fingerprint density at radius 3 is 2.40 bits per heavy atom. The molecule has 0 aliphatic rings. The summed E-state index contributed by atoms with van der Waals surface area (Å²) in [6.45, 7) is 0. The van der Waals surface area contributed by atoms with E-state index in [0.29, 0.717) is 6.42 Å². The van der Waals surface area contributed by atoms with Gasteiger partial charge in [0.05, 0.1) is 27.3 Å². The molecule has 5 nitrogen and oxygen atoms in total. The van der Waals surface area contributed by atoms with Gasteiger partial charge in [-0.1, -0.05) is 23.2 Å². The van der Waals surface area contributed by atoms with E-state index in [0.717, 1.165) is 5.75 Å². The highest BCUT2D eigenvalue weighted by Crippen LogP contribution is 2.32. The Kier molecular flexibility index (Phi) is 6.61. The molecule has 1 aromatic rings. The summed E-state index contributed by atoms with van der Waals surface area (Å²) in [4.78, 5) is 22.7. The lowest BCUT2D eigenvalue weighted by atomic mass is 10.2. The van der Waals surface area contributed by atoms with E-state index in [-0.39, 0.29) is 21.3 Å². The number of carboxylic acid groups (broad SMARTS) is 1. The number of carbonyl (C=O) groups is 2. The van der Waals surface area contributed by atoms with Crippen LogP contribution in [0.25, 0.3) is 0 Å². The molecule has 0 radical (unpaired) electrons. The molecule has 1 rings (SSSR count). The Bertz CT molecular complexity index is 502. The molecule has 0 spiro atoms. The van der Waals surface area contributed by atoms with Gasteiger partial charge in [-0.3, -0.25) is 4.79 Å². The molecule has 110 valence electrons. The summed E-state index contributed by atoms with van der Waals surface area (Å²) in [6, 6.07) is 1.77. The van der Waals surface area contributed by atoms with Gasteiger partial charge in [0.1, 0.15) is 0 Å². The Labute approximate surface area is 130 Å². The molecule has 0 aromatic heterocycles. The van der Waals surface area contributed by atoms with Crippen LogP contribution in [0.1, 0.15) is 16.8 Å². The molecule has 0 aliphatic carbocycles. The number of hydrogen-bond acceptors (Lipinski definition) is 4. The first-order valence-corrected chi connectivity index (χ1v) is 7.79. The summed E-state index contributed by atoms with van der Waals surface area (Å²) in [5.74, 6) is -0.803. The van der Waals surface area contributed by atoms with Crippen LogP contribution in [0.4, 0.5) is 5.69 Å². The van der Waals surface area contributed by atoms with E-state index in [1.807, 2.05) is 6.26 Å². The number of hydrogen-bond donors (Lipinski definition) is 3. The van der Waals surface area contributed by atoms with Gasteiger partial charge < -0.3 is 16.2 Å². The molecule has 1 amide bonds. The van der Waals surface area contributed by atoms with Crippen molar-refractivity contribution in [2.24, 2.45) is 5.73 Å². The molecule has 0 saturated carbocycles. The van der Waals surface area contributed by atoms with E-state index in [9.17, 15) is 9.59 Å². The number of halogens is 2. The van der Waals surface area contributed by atoms with Crippen molar-refractivity contribution in [3.8, 4) is 0 Å². The molecule has 0 heterocycles. The number of amides is 1. The maximum atomic E-state index is 11.9. The van der Waals surface area contributed by atoms with Gasteiger partial charge in [0.15, 0.2) is 0 Å². The zero-order chi connectivity index (χ0) is 15.3. The molecule has 4 N–H and O–H groups in total. The first kappa shape index (κ1) is 17.1. The summed E-state index contributed by atoms with van der Waals surface area (Å²) in [6.07, 6.45) is 2.44. The van der Waals surface area contributed by atoms with E-state index < -0.39 is 17.9 Å². The summed E-state index contributed by atoms with van der Waals surface area (Å²) < 4.78 is 0. The third kappa shape index (κ3) is 4.56. The summed E-state index contributed by atoms with van der Waals surface area (Å²) in [5.41, 5.74) is 5.84. The van der Waals surface area contributed by atoms with Crippen molar-refractivity contribution in [3.63, 3.8) is 0 Å². The van der Waals surface area contributed by atoms with Gasteiger partial charge in [-0.05, 0) is 30.6 Å². The number of anilines is 1. The number of aromatic carboxylic acids is 1. The molecule has 0 aliphatic heterocycles. The molecular formula is C12H14Cl2N2O3S. The fourth-order valence-corrected chi connectivity index (χ4v) is 2.48. The lowest BCUT2D eigenvalue weighted by molar-refractivity contribution is -0.117. The average molecular weight is 337 g/mol. The maximum absolute atomic E-state index is 11.9. The smallest absolute Gasteiger partial charge is 0.335 e. The van der Waals surface area contributed by atoms with Gasteiger partial charge in [0.25, 0.3) is 0 Å². The second kappa shape index (κ2) is 7.73. The highest BCUT2D eigenvalue weighted by Gasteiger charge is 2.18. The number of carbonyl (C=O) groups excluding carboxylic acids is 1. The average Bonchev–Trinajstić information content (AvgIpc) is 2.39. The lowest BCUT2D eigenvalue weighted by Gasteiger charge is -2.14. The minimum Gasteiger partial charge on any atom is -0.478 e. The van der Waals surface area contributed by atoms with Crippen LogP contribution >= 0.6 is 35.0 Å². The molecule has 8 heteroatoms. The summed E-state index contributed by atoms with van der Waals surface area (Å²) in [7, 11) is 0. The number of carboxylic acids is 1. The minimum atomic E-state index is -1.15. The Balaban J connectivity index is 2.87. The first-order chi connectivity index (χ1) is 9.36. The van der Waals surface area contributed by atoms with Crippen molar-refractivity contribution < 1.29 is 14.7 Å². The van der Waals surface area contributed by atoms with E-state index in [1.165, 1.54) is 12.1 Å². The fourth-order valence-electron chi connectivity index (χ4n) is 1.41. The first-order valence-electron chi connectivity index (χ1n) is 5.64. The quantitative estimate of drug-likeness (QED) is 0.742. The second-order valence-corrected chi connectivity index (χ2v) is 5.80. The summed E-state index contributed by atoms with van der Waals surface area (Å²) >= 11 is 13.4. The van der Waals surface area contributed by atoms with Gasteiger partial charge in [-0.25, -0.2) is 4.79 Å². The summed E-state index contributed by atoms with van der Waals surface area (Å²) in [5, 5.41) is 11.5. The van der Waals surface area contributed by atoms with Crippen molar-refractivity contribution in [3.05, 3.63) is 27.7 Å². The third-order valence-corrected chi connectivity index (χ3v) is 3.75. The van der Waals surface area contributed by atoms with E-state index in [1.54, 1.807) is 11.8 Å². The molecule has 0 bridgehead atoms. The number of thioether (sulfide) groups is 1. The number of benzene rings is 1. The van der Waals surface area contributed by atoms with Crippen LogP contribution in [0.5, 0.6) is 0 Å². The fraction of sp³-hybridized carbons (Fsp3) is 0.333. The van der Waals surface area contributed by atoms with E-state index in [4.69, 9.17) is 34.0 Å². The SMILES string of the molecule is CSCC[C@@H](N)C(=O)Nc1c(Cl)cc(C(=O)O)cc1Cl. The van der Waals surface area contributed by atoms with Crippen LogP contribution in [0.15, 0.2) is 12.1 Å². The van der Waals surface area contributed by atoms with Crippen molar-refractivity contribution >= 4 is 52.5 Å². The van der Waals surface area contributed by atoms with Crippen LogP contribution in [0.2, 0.25) is 10.0 Å². The minimum absolute atomic E-state index is 0.0512. The van der Waals surface area contributed by atoms with E-state index in [2.05, 4.69) is 5.32 Å². The van der Waals surface area contributed by atoms with Crippen molar-refractivity contribution in [1.29, 1.82) is 0 Å². The third-order valence-electron chi connectivity index (χ3n) is 2.51. The normalized spacial score (nSPS) is 12.0. The maximum Gasteiger partial charge on any atom is 0.335 e. The predicted molar refractivity (Wildman–Crippen MR) is 83.0 cm³/mol. The zero-order valence-electron chi connectivity index (χ0n) is 10.7. The van der Waals surface area contributed by atoms with Crippen molar-refractivity contribution in [2.45, 2.75) is 12.5 Å². The Morgan fingerprint density at radius 1 is 1.40 bits per heavy atom. The standard InChI is InChI=1S/C12H14Cl2N2O3S/c1-20-3-2-9(15)11(17)16-10-7(13)4-6(12(18)19)5-8(10)14/h4-5,9H,2-3,15H2,1H3,(H,16,17)(H,18,19)/t9-/m1/s1. The predicted octanol–water partition coefficient (Wildman–Crippen LogP) is 2.71. The number of nitrogens with two attached hydrogens (primary N) is 1. The molecule has 0 fully saturated rings. The van der Waals surface area contributed by atoms with Crippen LogP contribution in [-0.4, -0.2) is 35.0 Å². The van der Waals surface area contributed by atoms with Gasteiger partial charge in [0, 0.05) is 0 Å². The largest absolute Gasteiger partial charge is 0.478 e. The number of nitrogens with one attached hydrogen (secondary N) is 1. The topological polar surface area (TPSA) is 92.4 Å². The van der Waals surface area contributed by atoms with Gasteiger partial charge >= 0.3 is 5.97 Å². The van der Waals surface area contributed by atoms with Crippen molar-refractivity contribution in [1.82, 2.24) is 0 Å². The lowest BCUT2D eigenvalue weighted by Crippen LogP contribution is -2.36. The molecule has 0 saturated heterocycles. The molecule has 20 heavy (non-hydrogen) atoms. The number of rotatable bonds is 6. The molecule has 1 atom stereocenters. The van der Waals surface area contributed by atoms with Gasteiger partial charge in [0.2, 0.25) is 5.91 Å². The van der Waals surface area contributed by atoms with Crippen molar-refractivity contribution in [2.75, 3.05) is 17.3 Å². The highest BCUT2D eigenvalue weighted by atomic mass is 35.5. The Hall–Kier alpha value is -0.950. The molecule has 1 aromatic carbocycles. The monoisotopic (exact) mass is 336 g/mol. The zero-order valence-corrected chi connectivity index (χ0v) is 13.0. The van der Waals surface area contributed by atoms with Crippen LogP contribution < -0.4 is 11.1 Å².